The van der Waals surface area contributed by atoms with Crippen LogP contribution in [0.4, 0.5) is 10.6 Å². The van der Waals surface area contributed by atoms with Gasteiger partial charge in [0.05, 0.1) is 19.0 Å². The zero-order chi connectivity index (χ0) is 19.7. The van der Waals surface area contributed by atoms with Gasteiger partial charge >= 0.3 is 6.03 Å². The summed E-state index contributed by atoms with van der Waals surface area (Å²) in [6.07, 6.45) is -0.272. The molecule has 5 atom stereocenters. The monoisotopic (exact) mass is 393 g/mol. The van der Waals surface area contributed by atoms with Gasteiger partial charge in [-0.3, -0.25) is 4.57 Å². The molecule has 4 heterocycles. The average Bonchev–Trinajstić information content (AvgIpc) is 3.42. The molecule has 2 aliphatic heterocycles. The molecule has 2 amide bonds. The predicted octanol–water partition coefficient (Wildman–Crippen LogP) is -1.42. The van der Waals surface area contributed by atoms with Crippen molar-refractivity contribution in [2.45, 2.75) is 37.0 Å². The molecule has 0 spiro atoms. The van der Waals surface area contributed by atoms with Crippen LogP contribution >= 0.6 is 0 Å². The van der Waals surface area contributed by atoms with E-state index in [2.05, 4.69) is 30.9 Å². The number of urea groups is 1. The molecule has 0 aliphatic carbocycles. The zero-order valence-electron chi connectivity index (χ0n) is 15.3. The van der Waals surface area contributed by atoms with Gasteiger partial charge in [0.15, 0.2) is 23.2 Å². The van der Waals surface area contributed by atoms with E-state index in [1.54, 1.807) is 4.57 Å². The van der Waals surface area contributed by atoms with E-state index in [9.17, 15) is 15.0 Å². The second kappa shape index (κ2) is 7.83. The Morgan fingerprint density at radius 3 is 2.93 bits per heavy atom. The third kappa shape index (κ3) is 3.46. The van der Waals surface area contributed by atoms with Gasteiger partial charge in [-0.1, -0.05) is 0 Å². The Hall–Kier alpha value is -2.54. The Bertz CT molecular complexity index is 840. The van der Waals surface area contributed by atoms with Crippen molar-refractivity contribution in [2.75, 3.05) is 32.1 Å². The largest absolute Gasteiger partial charge is 0.387 e. The standard InChI is InChI=1S/C16H23N7O5/c1-17-16(26)18-4-9-11(24)12(25)15(28-9)23-7-21-10-13(19-6-20-14(10)23)22-8-2-3-27-5-8/h6-9,11-12,15,24-25H,2-5H2,1H3,(H2,17,18,26)(H,19,20,22). The molecule has 2 aliphatic rings. The van der Waals surface area contributed by atoms with E-state index in [-0.39, 0.29) is 12.6 Å². The molecule has 12 heteroatoms. The molecule has 12 nitrogen and oxygen atoms in total. The molecule has 5 N–H and O–H groups in total. The lowest BCUT2D eigenvalue weighted by Crippen LogP contribution is -2.42. The fraction of sp³-hybridized carbons (Fsp3) is 0.625. The van der Waals surface area contributed by atoms with Crippen molar-refractivity contribution in [2.24, 2.45) is 0 Å². The van der Waals surface area contributed by atoms with Crippen LogP contribution in [0.25, 0.3) is 11.2 Å². The topological polar surface area (TPSA) is 156 Å². The number of carbonyl (C=O) groups excluding carboxylic acids is 1. The van der Waals surface area contributed by atoms with Crippen molar-refractivity contribution in [3.8, 4) is 0 Å². The summed E-state index contributed by atoms with van der Waals surface area (Å²) in [7, 11) is 1.49. The minimum atomic E-state index is -1.21. The molecule has 5 unspecified atom stereocenters. The van der Waals surface area contributed by atoms with Crippen molar-refractivity contribution in [1.82, 2.24) is 30.2 Å². The predicted molar refractivity (Wildman–Crippen MR) is 96.6 cm³/mol. The third-order valence-electron chi connectivity index (χ3n) is 4.93. The maximum Gasteiger partial charge on any atom is 0.314 e. The number of carbonyl (C=O) groups is 1. The van der Waals surface area contributed by atoms with Gasteiger partial charge in [0.25, 0.3) is 0 Å². The second-order valence-corrected chi connectivity index (χ2v) is 6.76. The van der Waals surface area contributed by atoms with E-state index in [0.717, 1.165) is 6.42 Å². The number of aliphatic hydroxyl groups is 2. The summed E-state index contributed by atoms with van der Waals surface area (Å²) in [6.45, 7) is 1.35. The van der Waals surface area contributed by atoms with Crippen LogP contribution in [0.3, 0.4) is 0 Å². The number of hydrogen-bond acceptors (Lipinski definition) is 9. The summed E-state index contributed by atoms with van der Waals surface area (Å²) < 4.78 is 12.7. The first-order chi connectivity index (χ1) is 13.6. The molecule has 28 heavy (non-hydrogen) atoms. The minimum absolute atomic E-state index is 0.0461. The number of rotatable bonds is 5. The Labute approximate surface area is 160 Å². The maximum absolute atomic E-state index is 11.4. The summed E-state index contributed by atoms with van der Waals surface area (Å²) in [4.78, 5) is 24.2. The fourth-order valence-electron chi connectivity index (χ4n) is 3.39. The Morgan fingerprint density at radius 2 is 2.18 bits per heavy atom. The van der Waals surface area contributed by atoms with Gasteiger partial charge < -0.3 is 35.6 Å². The van der Waals surface area contributed by atoms with Gasteiger partial charge in [-0.25, -0.2) is 19.7 Å². The molecule has 2 saturated heterocycles. The summed E-state index contributed by atoms with van der Waals surface area (Å²) in [5, 5.41) is 29.0. The fourth-order valence-corrected chi connectivity index (χ4v) is 3.39. The van der Waals surface area contributed by atoms with E-state index in [4.69, 9.17) is 9.47 Å². The lowest BCUT2D eigenvalue weighted by Gasteiger charge is -2.17. The molecule has 152 valence electrons. The van der Waals surface area contributed by atoms with Crippen LogP contribution in [0.2, 0.25) is 0 Å². The number of nitrogens with zero attached hydrogens (tertiary/aromatic N) is 4. The number of hydrogen-bond donors (Lipinski definition) is 5. The van der Waals surface area contributed by atoms with Gasteiger partial charge in [-0.15, -0.1) is 0 Å². The molecule has 0 radical (unpaired) electrons. The second-order valence-electron chi connectivity index (χ2n) is 6.76. The van der Waals surface area contributed by atoms with Crippen molar-refractivity contribution >= 4 is 23.0 Å². The minimum Gasteiger partial charge on any atom is -0.387 e. The van der Waals surface area contributed by atoms with Crippen molar-refractivity contribution < 1.29 is 24.5 Å². The van der Waals surface area contributed by atoms with Gasteiger partial charge in [-0.2, -0.15) is 0 Å². The van der Waals surface area contributed by atoms with Crippen molar-refractivity contribution in [3.63, 3.8) is 0 Å². The molecule has 0 aromatic carbocycles. The lowest BCUT2D eigenvalue weighted by atomic mass is 10.1. The molecular formula is C16H23N7O5. The van der Waals surface area contributed by atoms with Crippen LogP contribution in [0.5, 0.6) is 0 Å². The quantitative estimate of drug-likeness (QED) is 0.411. The normalized spacial score (nSPS) is 29.9. The number of aliphatic hydroxyl groups excluding tert-OH is 2. The summed E-state index contributed by atoms with van der Waals surface area (Å²) in [6, 6.07) is -0.250. The van der Waals surface area contributed by atoms with Crippen LogP contribution < -0.4 is 16.0 Å². The molecule has 0 bridgehead atoms. The number of anilines is 1. The Morgan fingerprint density at radius 1 is 1.32 bits per heavy atom. The summed E-state index contributed by atoms with van der Waals surface area (Å²) >= 11 is 0. The smallest absolute Gasteiger partial charge is 0.314 e. The molecule has 2 aromatic heterocycles. The highest BCUT2D eigenvalue weighted by atomic mass is 16.6. The van der Waals surface area contributed by atoms with E-state index in [1.165, 1.54) is 19.7 Å². The molecule has 4 rings (SSSR count). The highest BCUT2D eigenvalue weighted by molar-refractivity contribution is 5.82. The molecular weight excluding hydrogens is 370 g/mol. The van der Waals surface area contributed by atoms with Gasteiger partial charge in [0, 0.05) is 20.2 Å². The van der Waals surface area contributed by atoms with Crippen LogP contribution in [0.15, 0.2) is 12.7 Å². The van der Waals surface area contributed by atoms with E-state index in [1.807, 2.05) is 0 Å². The maximum atomic E-state index is 11.4. The van der Waals surface area contributed by atoms with E-state index < -0.39 is 30.6 Å². The number of imidazole rings is 1. The van der Waals surface area contributed by atoms with Crippen LogP contribution in [0.1, 0.15) is 12.6 Å². The summed E-state index contributed by atoms with van der Waals surface area (Å²) in [5.74, 6) is 0.574. The average molecular weight is 393 g/mol. The first-order valence-corrected chi connectivity index (χ1v) is 9.07. The van der Waals surface area contributed by atoms with Crippen LogP contribution in [-0.4, -0.2) is 86.9 Å². The highest BCUT2D eigenvalue weighted by Gasteiger charge is 2.44. The zero-order valence-corrected chi connectivity index (χ0v) is 15.3. The lowest BCUT2D eigenvalue weighted by molar-refractivity contribution is -0.0335. The summed E-state index contributed by atoms with van der Waals surface area (Å²) in [5.41, 5.74) is 0.999. The van der Waals surface area contributed by atoms with Crippen LogP contribution in [-0.2, 0) is 9.47 Å². The molecule has 2 fully saturated rings. The number of ether oxygens (including phenoxy) is 2. The first-order valence-electron chi connectivity index (χ1n) is 9.07. The Balaban J connectivity index is 1.54. The third-order valence-corrected chi connectivity index (χ3v) is 4.93. The molecule has 0 saturated carbocycles. The van der Waals surface area contributed by atoms with Gasteiger partial charge in [-0.05, 0) is 6.42 Å². The SMILES string of the molecule is CNC(=O)NCC1OC(n2cnc3c(NC4CCOC4)ncnc32)C(O)C1O. The number of aromatic nitrogens is 4. The van der Waals surface area contributed by atoms with Gasteiger partial charge in [0.1, 0.15) is 24.6 Å². The first kappa shape index (κ1) is 18.8. The number of nitrogens with one attached hydrogen (secondary N) is 3. The van der Waals surface area contributed by atoms with Gasteiger partial charge in [0.2, 0.25) is 0 Å². The molecule has 2 aromatic rings. The highest BCUT2D eigenvalue weighted by Crippen LogP contribution is 2.32. The van der Waals surface area contributed by atoms with E-state index in [0.29, 0.717) is 30.2 Å². The van der Waals surface area contributed by atoms with Crippen LogP contribution in [0, 0.1) is 0 Å². The van der Waals surface area contributed by atoms with E-state index >= 15 is 0 Å². The van der Waals surface area contributed by atoms with Crippen molar-refractivity contribution in [3.05, 3.63) is 12.7 Å². The number of fused-ring (bicyclic) bond motifs is 1. The van der Waals surface area contributed by atoms with Crippen molar-refractivity contribution in [1.29, 1.82) is 0 Å². The number of amides is 2. The Kier molecular flexibility index (Phi) is 5.26.